The molecular weight excluding hydrogens is 323 g/mol. The Kier molecular flexibility index (Phi) is 3.04. The molecule has 0 spiro atoms. The molecule has 0 fully saturated rings. The molecule has 1 heterocycles. The van der Waals surface area contributed by atoms with Crippen LogP contribution in [0, 0.1) is 17.0 Å². The Labute approximate surface area is 120 Å². The summed E-state index contributed by atoms with van der Waals surface area (Å²) in [5.41, 5.74) is 1.41. The Morgan fingerprint density at radius 3 is 2.65 bits per heavy atom. The fourth-order valence-electron chi connectivity index (χ4n) is 2.06. The molecule has 0 saturated carbocycles. The van der Waals surface area contributed by atoms with E-state index in [0.717, 1.165) is 9.82 Å². The van der Waals surface area contributed by atoms with Crippen molar-refractivity contribution in [2.45, 2.75) is 6.92 Å². The number of non-ortho nitro benzene ring substituents is 1. The molecule has 1 aromatic heterocycles. The Morgan fingerprint density at radius 2 is 1.95 bits per heavy atom. The maximum absolute atomic E-state index is 12.4. The molecule has 0 unspecified atom stereocenters. The van der Waals surface area contributed by atoms with E-state index in [1.807, 2.05) is 25.1 Å². The Bertz CT molecular complexity index is 880. The van der Waals surface area contributed by atoms with Crippen LogP contribution >= 0.6 is 0 Å². The molecule has 0 atom stereocenters. The zero-order valence-electron chi connectivity index (χ0n) is 10.6. The number of aromatic nitrogens is 1. The average molecular weight is 333 g/mol. The Balaban J connectivity index is 2.30. The average Bonchev–Trinajstić information content (AvgIpc) is 2.77. The van der Waals surface area contributed by atoms with Gasteiger partial charge in [-0.05, 0) is 0 Å². The van der Waals surface area contributed by atoms with Gasteiger partial charge in [0.25, 0.3) is 0 Å². The third-order valence-corrected chi connectivity index (χ3v) is 5.42. The standard InChI is InChI=1S/C14H10N2O3Se/c1-9-6-7-10(16(18)19)8-12(9)15-14(17)11-4-2-3-5-13(11)20-15/h2-8H,1H3. The van der Waals surface area contributed by atoms with Crippen molar-refractivity contribution in [2.75, 3.05) is 0 Å². The van der Waals surface area contributed by atoms with Gasteiger partial charge in [-0.15, -0.1) is 0 Å². The second-order valence-corrected chi connectivity index (χ2v) is 6.49. The van der Waals surface area contributed by atoms with Crippen molar-refractivity contribution < 1.29 is 4.92 Å². The number of aryl methyl sites for hydroxylation is 1. The van der Waals surface area contributed by atoms with Crippen molar-refractivity contribution in [3.05, 3.63) is 68.5 Å². The summed E-state index contributed by atoms with van der Waals surface area (Å²) >= 11 is -0.173. The topological polar surface area (TPSA) is 65.1 Å². The molecule has 3 aromatic rings. The van der Waals surface area contributed by atoms with Crippen LogP contribution in [0.25, 0.3) is 15.3 Å². The summed E-state index contributed by atoms with van der Waals surface area (Å²) in [5.74, 6) is 0. The number of benzene rings is 2. The van der Waals surface area contributed by atoms with Crippen molar-refractivity contribution in [1.29, 1.82) is 0 Å². The van der Waals surface area contributed by atoms with Crippen LogP contribution in [0.3, 0.4) is 0 Å². The number of nitro groups is 1. The third kappa shape index (κ3) is 1.99. The molecular formula is C14H10N2O3Se. The quantitative estimate of drug-likeness (QED) is 0.410. The summed E-state index contributed by atoms with van der Waals surface area (Å²) in [5, 5.41) is 11.6. The van der Waals surface area contributed by atoms with Crippen molar-refractivity contribution >= 4 is 30.1 Å². The van der Waals surface area contributed by atoms with E-state index in [-0.39, 0.29) is 26.0 Å². The van der Waals surface area contributed by atoms with Crippen LogP contribution in [-0.4, -0.2) is 23.2 Å². The molecule has 2 aromatic carbocycles. The number of nitro benzene ring substituents is 1. The molecule has 100 valence electrons. The Hall–Kier alpha value is -2.17. The first-order valence-corrected chi connectivity index (χ1v) is 7.56. The maximum atomic E-state index is 12.4. The van der Waals surface area contributed by atoms with Crippen molar-refractivity contribution in [2.24, 2.45) is 0 Å². The molecule has 0 aliphatic carbocycles. The summed E-state index contributed by atoms with van der Waals surface area (Å²) in [6.45, 7) is 1.85. The molecule has 0 saturated heterocycles. The van der Waals surface area contributed by atoms with Gasteiger partial charge in [-0.3, -0.25) is 0 Å². The monoisotopic (exact) mass is 334 g/mol. The van der Waals surface area contributed by atoms with E-state index in [2.05, 4.69) is 0 Å². The first kappa shape index (κ1) is 12.8. The van der Waals surface area contributed by atoms with Crippen molar-refractivity contribution in [3.63, 3.8) is 0 Å². The van der Waals surface area contributed by atoms with Crippen molar-refractivity contribution in [3.8, 4) is 5.69 Å². The first-order chi connectivity index (χ1) is 9.58. The van der Waals surface area contributed by atoms with Gasteiger partial charge < -0.3 is 0 Å². The van der Waals surface area contributed by atoms with Crippen LogP contribution in [0.15, 0.2) is 47.3 Å². The van der Waals surface area contributed by atoms with E-state index >= 15 is 0 Å². The number of hydrogen-bond acceptors (Lipinski definition) is 3. The normalized spacial score (nSPS) is 10.8. The summed E-state index contributed by atoms with van der Waals surface area (Å²) in [7, 11) is 0. The number of hydrogen-bond donors (Lipinski definition) is 0. The molecule has 0 bridgehead atoms. The van der Waals surface area contributed by atoms with E-state index in [0.29, 0.717) is 11.1 Å². The molecule has 3 rings (SSSR count). The second kappa shape index (κ2) is 4.74. The minimum atomic E-state index is -0.441. The van der Waals surface area contributed by atoms with E-state index in [4.69, 9.17) is 0 Å². The molecule has 6 heteroatoms. The van der Waals surface area contributed by atoms with Gasteiger partial charge in [0.05, 0.1) is 0 Å². The van der Waals surface area contributed by atoms with Gasteiger partial charge in [-0.25, -0.2) is 0 Å². The zero-order chi connectivity index (χ0) is 14.3. The predicted molar refractivity (Wildman–Crippen MR) is 77.9 cm³/mol. The van der Waals surface area contributed by atoms with Crippen molar-refractivity contribution in [1.82, 2.24) is 3.56 Å². The van der Waals surface area contributed by atoms with E-state index in [1.54, 1.807) is 15.7 Å². The van der Waals surface area contributed by atoms with Gasteiger partial charge in [0, 0.05) is 0 Å². The van der Waals surface area contributed by atoms with Gasteiger partial charge in [-0.2, -0.15) is 0 Å². The third-order valence-electron chi connectivity index (χ3n) is 3.11. The van der Waals surface area contributed by atoms with Gasteiger partial charge in [0.1, 0.15) is 0 Å². The Morgan fingerprint density at radius 1 is 1.20 bits per heavy atom. The van der Waals surface area contributed by atoms with Crippen LogP contribution in [0.1, 0.15) is 5.56 Å². The summed E-state index contributed by atoms with van der Waals surface area (Å²) in [4.78, 5) is 22.8. The predicted octanol–water partition coefficient (Wildman–Crippen LogP) is 2.26. The van der Waals surface area contributed by atoms with E-state index in [9.17, 15) is 14.9 Å². The molecule has 20 heavy (non-hydrogen) atoms. The minimum absolute atomic E-state index is 0.00477. The number of fused-ring (bicyclic) bond motifs is 1. The van der Waals surface area contributed by atoms with Gasteiger partial charge in [0.15, 0.2) is 0 Å². The van der Waals surface area contributed by atoms with Crippen LogP contribution in [-0.2, 0) is 0 Å². The van der Waals surface area contributed by atoms with E-state index < -0.39 is 4.92 Å². The van der Waals surface area contributed by atoms with Crippen LogP contribution in [0.4, 0.5) is 5.69 Å². The molecule has 5 nitrogen and oxygen atoms in total. The molecule has 0 aliphatic heterocycles. The zero-order valence-corrected chi connectivity index (χ0v) is 12.3. The summed E-state index contributed by atoms with van der Waals surface area (Å²) in [6, 6.07) is 12.1. The molecule has 0 radical (unpaired) electrons. The van der Waals surface area contributed by atoms with Crippen LogP contribution in [0.5, 0.6) is 0 Å². The van der Waals surface area contributed by atoms with Gasteiger partial charge in [0.2, 0.25) is 0 Å². The fourth-order valence-corrected chi connectivity index (χ4v) is 4.30. The number of rotatable bonds is 2. The van der Waals surface area contributed by atoms with Gasteiger partial charge >= 0.3 is 120 Å². The summed E-state index contributed by atoms with van der Waals surface area (Å²) in [6.07, 6.45) is 0. The van der Waals surface area contributed by atoms with E-state index in [1.165, 1.54) is 12.1 Å². The fraction of sp³-hybridized carbons (Fsp3) is 0.0714. The van der Waals surface area contributed by atoms with Crippen LogP contribution in [0.2, 0.25) is 0 Å². The molecule has 0 amide bonds. The summed E-state index contributed by atoms with van der Waals surface area (Å²) < 4.78 is 2.66. The molecule has 0 N–H and O–H groups in total. The second-order valence-electron chi connectivity index (χ2n) is 4.41. The van der Waals surface area contributed by atoms with Crippen LogP contribution < -0.4 is 5.56 Å². The molecule has 0 aliphatic rings. The SMILES string of the molecule is Cc1ccc([N+](=O)[O-])cc1-n1[se]c2ccccc2c1=O. The first-order valence-electron chi connectivity index (χ1n) is 5.94. The van der Waals surface area contributed by atoms with Gasteiger partial charge in [-0.1, -0.05) is 0 Å². The number of nitrogens with zero attached hydrogens (tertiary/aromatic N) is 2.